The first-order valence-electron chi connectivity index (χ1n) is 6.32. The average molecular weight is 240 g/mol. The van der Waals surface area contributed by atoms with Crippen LogP contribution < -0.4 is 5.32 Å². The molecule has 5 nitrogen and oxygen atoms in total. The SMILES string of the molecule is COC(=O)C1CCCCN1CC(=O)NC1CC1. The van der Waals surface area contributed by atoms with Crippen molar-refractivity contribution in [3.63, 3.8) is 0 Å². The second-order valence-corrected chi connectivity index (χ2v) is 4.85. The van der Waals surface area contributed by atoms with Gasteiger partial charge in [-0.2, -0.15) is 0 Å². The van der Waals surface area contributed by atoms with Crippen LogP contribution in [-0.4, -0.2) is 49.1 Å². The Kier molecular flexibility index (Phi) is 3.99. The first kappa shape index (κ1) is 12.4. The van der Waals surface area contributed by atoms with E-state index in [0.717, 1.165) is 38.6 Å². The zero-order valence-electron chi connectivity index (χ0n) is 10.3. The molecule has 2 aliphatic rings. The normalized spacial score (nSPS) is 25.4. The minimum atomic E-state index is -0.237. The zero-order valence-corrected chi connectivity index (χ0v) is 10.3. The van der Waals surface area contributed by atoms with Gasteiger partial charge in [0, 0.05) is 6.04 Å². The summed E-state index contributed by atoms with van der Waals surface area (Å²) in [6.07, 6.45) is 5.05. The molecule has 5 heteroatoms. The molecule has 1 unspecified atom stereocenters. The average Bonchev–Trinajstić information content (AvgIpc) is 3.12. The summed E-state index contributed by atoms with van der Waals surface area (Å²) in [4.78, 5) is 25.2. The number of amides is 1. The molecule has 0 aromatic carbocycles. The smallest absolute Gasteiger partial charge is 0.323 e. The van der Waals surface area contributed by atoms with Gasteiger partial charge in [-0.05, 0) is 32.2 Å². The molecule has 1 atom stereocenters. The van der Waals surface area contributed by atoms with Crippen LogP contribution in [0.25, 0.3) is 0 Å². The molecule has 1 saturated heterocycles. The van der Waals surface area contributed by atoms with Crippen molar-refractivity contribution in [3.05, 3.63) is 0 Å². The Balaban J connectivity index is 1.86. The summed E-state index contributed by atoms with van der Waals surface area (Å²) in [6.45, 7) is 1.12. The number of esters is 1. The van der Waals surface area contributed by atoms with Crippen LogP contribution in [0.3, 0.4) is 0 Å². The Bertz CT molecular complexity index is 302. The van der Waals surface area contributed by atoms with Crippen LogP contribution in [-0.2, 0) is 14.3 Å². The van der Waals surface area contributed by atoms with Gasteiger partial charge in [0.05, 0.1) is 13.7 Å². The van der Waals surface area contributed by atoms with Gasteiger partial charge in [0.1, 0.15) is 6.04 Å². The molecule has 2 fully saturated rings. The molecular formula is C12H20N2O3. The van der Waals surface area contributed by atoms with E-state index in [1.807, 2.05) is 4.90 Å². The summed E-state index contributed by atoms with van der Waals surface area (Å²) in [7, 11) is 1.40. The molecule has 0 radical (unpaired) electrons. The number of ether oxygens (including phenoxy) is 1. The predicted molar refractivity (Wildman–Crippen MR) is 62.4 cm³/mol. The Morgan fingerprint density at radius 1 is 1.29 bits per heavy atom. The molecule has 1 amide bonds. The van der Waals surface area contributed by atoms with Crippen LogP contribution in [0.4, 0.5) is 0 Å². The van der Waals surface area contributed by atoms with Crippen molar-refractivity contribution in [1.82, 2.24) is 10.2 Å². The first-order valence-corrected chi connectivity index (χ1v) is 6.32. The summed E-state index contributed by atoms with van der Waals surface area (Å²) in [5, 5.41) is 2.95. The molecular weight excluding hydrogens is 220 g/mol. The van der Waals surface area contributed by atoms with Crippen LogP contribution in [0.1, 0.15) is 32.1 Å². The molecule has 0 aromatic heterocycles. The molecule has 1 aliphatic carbocycles. The summed E-state index contributed by atoms with van der Waals surface area (Å²) in [5.74, 6) is -0.188. The number of carbonyl (C=O) groups excluding carboxylic acids is 2. The number of nitrogens with zero attached hydrogens (tertiary/aromatic N) is 1. The monoisotopic (exact) mass is 240 g/mol. The van der Waals surface area contributed by atoms with Gasteiger partial charge in [-0.1, -0.05) is 6.42 Å². The predicted octanol–water partition coefficient (Wildman–Crippen LogP) is 0.293. The number of hydrogen-bond donors (Lipinski definition) is 1. The van der Waals surface area contributed by atoms with Gasteiger partial charge in [0.15, 0.2) is 0 Å². The van der Waals surface area contributed by atoms with Gasteiger partial charge in [0.2, 0.25) is 5.91 Å². The lowest BCUT2D eigenvalue weighted by Gasteiger charge is -2.32. The minimum Gasteiger partial charge on any atom is -0.468 e. The highest BCUT2D eigenvalue weighted by atomic mass is 16.5. The Hall–Kier alpha value is -1.10. The lowest BCUT2D eigenvalue weighted by Crippen LogP contribution is -2.49. The van der Waals surface area contributed by atoms with E-state index in [-0.39, 0.29) is 17.9 Å². The first-order chi connectivity index (χ1) is 8.20. The number of rotatable bonds is 4. The third-order valence-electron chi connectivity index (χ3n) is 3.38. The molecule has 0 bridgehead atoms. The number of methoxy groups -OCH3 is 1. The van der Waals surface area contributed by atoms with Crippen LogP contribution in [0.2, 0.25) is 0 Å². The fraction of sp³-hybridized carbons (Fsp3) is 0.833. The van der Waals surface area contributed by atoms with Gasteiger partial charge in [-0.3, -0.25) is 14.5 Å². The Morgan fingerprint density at radius 3 is 2.71 bits per heavy atom. The topological polar surface area (TPSA) is 58.6 Å². The van der Waals surface area contributed by atoms with E-state index in [0.29, 0.717) is 12.6 Å². The van der Waals surface area contributed by atoms with E-state index in [4.69, 9.17) is 4.74 Å². The van der Waals surface area contributed by atoms with Crippen LogP contribution in [0, 0.1) is 0 Å². The summed E-state index contributed by atoms with van der Waals surface area (Å²) in [6, 6.07) is 0.141. The van der Waals surface area contributed by atoms with Crippen molar-refractivity contribution in [3.8, 4) is 0 Å². The van der Waals surface area contributed by atoms with E-state index in [1.54, 1.807) is 0 Å². The van der Waals surface area contributed by atoms with E-state index in [1.165, 1.54) is 7.11 Å². The molecule has 0 spiro atoms. The number of piperidine rings is 1. The third kappa shape index (κ3) is 3.43. The Labute approximate surface area is 101 Å². The second-order valence-electron chi connectivity index (χ2n) is 4.85. The van der Waals surface area contributed by atoms with Crippen molar-refractivity contribution in [2.45, 2.75) is 44.2 Å². The largest absolute Gasteiger partial charge is 0.468 e. The van der Waals surface area contributed by atoms with E-state index < -0.39 is 0 Å². The summed E-state index contributed by atoms with van der Waals surface area (Å²) in [5.41, 5.74) is 0. The molecule has 1 saturated carbocycles. The van der Waals surface area contributed by atoms with E-state index in [9.17, 15) is 9.59 Å². The molecule has 1 N–H and O–H groups in total. The summed E-state index contributed by atoms with van der Waals surface area (Å²) >= 11 is 0. The van der Waals surface area contributed by atoms with Crippen molar-refractivity contribution < 1.29 is 14.3 Å². The fourth-order valence-electron chi connectivity index (χ4n) is 2.27. The highest BCUT2D eigenvalue weighted by Crippen LogP contribution is 2.20. The van der Waals surface area contributed by atoms with E-state index >= 15 is 0 Å². The Morgan fingerprint density at radius 2 is 2.06 bits per heavy atom. The fourth-order valence-corrected chi connectivity index (χ4v) is 2.27. The maximum absolute atomic E-state index is 11.7. The van der Waals surface area contributed by atoms with Gasteiger partial charge < -0.3 is 10.1 Å². The lowest BCUT2D eigenvalue weighted by molar-refractivity contribution is -0.148. The van der Waals surface area contributed by atoms with Crippen molar-refractivity contribution in [2.75, 3.05) is 20.2 Å². The van der Waals surface area contributed by atoms with Gasteiger partial charge in [-0.25, -0.2) is 0 Å². The lowest BCUT2D eigenvalue weighted by atomic mass is 10.0. The standard InChI is InChI=1S/C12H20N2O3/c1-17-12(16)10-4-2-3-7-14(10)8-11(15)13-9-5-6-9/h9-10H,2-8H2,1H3,(H,13,15). The van der Waals surface area contributed by atoms with Gasteiger partial charge in [0.25, 0.3) is 0 Å². The van der Waals surface area contributed by atoms with Crippen molar-refractivity contribution in [2.24, 2.45) is 0 Å². The number of hydrogen-bond acceptors (Lipinski definition) is 4. The maximum Gasteiger partial charge on any atom is 0.323 e. The van der Waals surface area contributed by atoms with Crippen molar-refractivity contribution in [1.29, 1.82) is 0 Å². The molecule has 0 aromatic rings. The number of carbonyl (C=O) groups is 2. The molecule has 17 heavy (non-hydrogen) atoms. The van der Waals surface area contributed by atoms with Gasteiger partial charge >= 0.3 is 5.97 Å². The quantitative estimate of drug-likeness (QED) is 0.718. The van der Waals surface area contributed by atoms with Gasteiger partial charge in [-0.15, -0.1) is 0 Å². The van der Waals surface area contributed by atoms with Crippen LogP contribution in [0.5, 0.6) is 0 Å². The highest BCUT2D eigenvalue weighted by Gasteiger charge is 2.31. The second kappa shape index (κ2) is 5.49. The maximum atomic E-state index is 11.7. The molecule has 96 valence electrons. The number of nitrogens with one attached hydrogen (secondary N) is 1. The molecule has 1 heterocycles. The van der Waals surface area contributed by atoms with Crippen LogP contribution >= 0.6 is 0 Å². The highest BCUT2D eigenvalue weighted by molar-refractivity contribution is 5.81. The van der Waals surface area contributed by atoms with Crippen LogP contribution in [0.15, 0.2) is 0 Å². The molecule has 1 aliphatic heterocycles. The number of likely N-dealkylation sites (tertiary alicyclic amines) is 1. The zero-order chi connectivity index (χ0) is 12.3. The van der Waals surface area contributed by atoms with Crippen molar-refractivity contribution >= 4 is 11.9 Å². The van der Waals surface area contributed by atoms with E-state index in [2.05, 4.69) is 5.32 Å². The molecule has 2 rings (SSSR count). The third-order valence-corrected chi connectivity index (χ3v) is 3.38. The summed E-state index contributed by atoms with van der Waals surface area (Å²) < 4.78 is 4.78. The minimum absolute atomic E-state index is 0.0308.